The van der Waals surface area contributed by atoms with E-state index in [1.165, 1.54) is 17.9 Å². The van der Waals surface area contributed by atoms with Crippen LogP contribution in [0.4, 0.5) is 4.39 Å². The van der Waals surface area contributed by atoms with E-state index in [4.69, 9.17) is 4.74 Å². The first-order valence-electron chi connectivity index (χ1n) is 10.5. The zero-order chi connectivity index (χ0) is 21.1. The summed E-state index contributed by atoms with van der Waals surface area (Å²) < 4.78 is 20.1. The lowest BCUT2D eigenvalue weighted by Gasteiger charge is -2.40. The maximum atomic E-state index is 14.5. The molecule has 2 saturated carbocycles. The van der Waals surface area contributed by atoms with Gasteiger partial charge in [0.15, 0.2) is 6.10 Å². The fraction of sp³-hybridized carbons (Fsp3) is 0.609. The highest BCUT2D eigenvalue weighted by molar-refractivity contribution is 5.88. The predicted octanol–water partition coefficient (Wildman–Crippen LogP) is 4.25. The van der Waals surface area contributed by atoms with Gasteiger partial charge in [0.1, 0.15) is 11.4 Å². The zero-order valence-electron chi connectivity index (χ0n) is 17.2. The summed E-state index contributed by atoms with van der Waals surface area (Å²) in [6.07, 6.45) is 5.72. The Bertz CT molecular complexity index is 805. The lowest BCUT2D eigenvalue weighted by Crippen LogP contribution is -2.53. The van der Waals surface area contributed by atoms with E-state index in [1.54, 1.807) is 25.2 Å². The first-order valence-corrected chi connectivity index (χ1v) is 10.5. The molecule has 1 amide bonds. The van der Waals surface area contributed by atoms with E-state index in [9.17, 15) is 19.2 Å². The molecule has 0 saturated heterocycles. The van der Waals surface area contributed by atoms with E-state index in [-0.39, 0.29) is 5.91 Å². The number of carbonyl (C=O) groups is 2. The number of amides is 1. The highest BCUT2D eigenvalue weighted by Gasteiger charge is 2.47. The van der Waals surface area contributed by atoms with Gasteiger partial charge in [-0.3, -0.25) is 9.59 Å². The van der Waals surface area contributed by atoms with Crippen LogP contribution in [0.3, 0.4) is 0 Å². The third kappa shape index (κ3) is 3.88. The predicted molar refractivity (Wildman–Crippen MR) is 106 cm³/mol. The Morgan fingerprint density at radius 3 is 2.28 bits per heavy atom. The molecule has 0 heterocycles. The highest BCUT2D eigenvalue weighted by Crippen LogP contribution is 2.43. The van der Waals surface area contributed by atoms with Gasteiger partial charge >= 0.3 is 5.97 Å². The number of esters is 1. The molecule has 2 aliphatic rings. The van der Waals surface area contributed by atoms with E-state index in [1.807, 2.05) is 0 Å². The van der Waals surface area contributed by atoms with Crippen LogP contribution in [0, 0.1) is 17.1 Å². The summed E-state index contributed by atoms with van der Waals surface area (Å²) in [6.45, 7) is 1.54. The lowest BCUT2D eigenvalue weighted by molar-refractivity contribution is -0.165. The summed E-state index contributed by atoms with van der Waals surface area (Å²) in [5.74, 6) is -1.36. The number of hydrogen-bond donors (Lipinski definition) is 0. The molecule has 0 aromatic heterocycles. The Hall–Kier alpha value is -2.42. The number of carbonyl (C=O) groups excluding carboxylic acids is 2. The quantitative estimate of drug-likeness (QED) is 0.693. The van der Waals surface area contributed by atoms with Crippen LogP contribution in [0.1, 0.15) is 70.3 Å². The number of benzene rings is 1. The van der Waals surface area contributed by atoms with Crippen LogP contribution in [0.15, 0.2) is 24.3 Å². The zero-order valence-corrected chi connectivity index (χ0v) is 17.2. The molecule has 156 valence electrons. The third-order valence-corrected chi connectivity index (χ3v) is 6.73. The summed E-state index contributed by atoms with van der Waals surface area (Å²) in [7, 11) is 1.61. The molecule has 0 spiro atoms. The van der Waals surface area contributed by atoms with Gasteiger partial charge in [-0.15, -0.1) is 0 Å². The molecule has 29 heavy (non-hydrogen) atoms. The van der Waals surface area contributed by atoms with Crippen LogP contribution in [-0.4, -0.2) is 35.5 Å². The Morgan fingerprint density at radius 1 is 1.10 bits per heavy atom. The first-order chi connectivity index (χ1) is 13.9. The molecule has 1 aromatic rings. The van der Waals surface area contributed by atoms with Crippen molar-refractivity contribution >= 4 is 11.9 Å². The molecule has 2 aliphatic carbocycles. The molecule has 0 N–H and O–H groups in total. The van der Waals surface area contributed by atoms with Crippen molar-refractivity contribution < 1.29 is 18.7 Å². The van der Waals surface area contributed by atoms with Crippen molar-refractivity contribution in [3.8, 4) is 6.07 Å². The first kappa shape index (κ1) is 21.3. The molecule has 5 nitrogen and oxygen atoms in total. The minimum absolute atomic E-state index is 0.344. The Labute approximate surface area is 171 Å². The largest absolute Gasteiger partial charge is 0.452 e. The number of nitrogens with zero attached hydrogens (tertiary/aromatic N) is 2. The van der Waals surface area contributed by atoms with Crippen molar-refractivity contribution in [1.82, 2.24) is 4.90 Å². The minimum Gasteiger partial charge on any atom is -0.452 e. The van der Waals surface area contributed by atoms with E-state index in [2.05, 4.69) is 6.07 Å². The van der Waals surface area contributed by atoms with Crippen LogP contribution >= 0.6 is 0 Å². The highest BCUT2D eigenvalue weighted by atomic mass is 19.1. The minimum atomic E-state index is -1.05. The lowest BCUT2D eigenvalue weighted by atomic mass is 9.78. The van der Waals surface area contributed by atoms with Gasteiger partial charge in [0.05, 0.1) is 11.5 Å². The fourth-order valence-electron chi connectivity index (χ4n) is 4.88. The van der Waals surface area contributed by atoms with E-state index in [0.717, 1.165) is 32.1 Å². The smallest absolute Gasteiger partial charge is 0.317 e. The molecule has 0 bridgehead atoms. The van der Waals surface area contributed by atoms with Gasteiger partial charge in [-0.05, 0) is 38.7 Å². The second-order valence-corrected chi connectivity index (χ2v) is 8.42. The molecule has 0 aliphatic heterocycles. The van der Waals surface area contributed by atoms with Crippen LogP contribution in [0.2, 0.25) is 0 Å². The number of halogens is 1. The van der Waals surface area contributed by atoms with Gasteiger partial charge in [0, 0.05) is 12.6 Å². The van der Waals surface area contributed by atoms with Gasteiger partial charge in [-0.25, -0.2) is 4.39 Å². The SMILES string of the molecule is C[C@@H](OC(=O)C1(c2ccccc2F)CCCC1)C(=O)N(C)C1(C#N)CCCCC1. The Morgan fingerprint density at radius 2 is 1.69 bits per heavy atom. The topological polar surface area (TPSA) is 70.4 Å². The molecular formula is C23H29FN2O3. The van der Waals surface area contributed by atoms with Crippen molar-refractivity contribution in [3.05, 3.63) is 35.6 Å². The van der Waals surface area contributed by atoms with Crippen molar-refractivity contribution in [3.63, 3.8) is 0 Å². The molecule has 0 unspecified atom stereocenters. The standard InChI is InChI=1S/C23H29FN2O3/c1-17(20(27)26(2)22(16-25)12-6-3-7-13-22)29-21(28)23(14-8-9-15-23)18-10-4-5-11-19(18)24/h4-5,10-11,17H,3,6-9,12-15H2,1-2H3/t17-/m1/s1. The molecule has 3 rings (SSSR count). The monoisotopic (exact) mass is 400 g/mol. The fourth-order valence-corrected chi connectivity index (χ4v) is 4.88. The van der Waals surface area contributed by atoms with Crippen molar-refractivity contribution in [2.75, 3.05) is 7.05 Å². The number of nitriles is 1. The third-order valence-electron chi connectivity index (χ3n) is 6.73. The van der Waals surface area contributed by atoms with Gasteiger partial charge < -0.3 is 9.64 Å². The number of hydrogen-bond acceptors (Lipinski definition) is 4. The second-order valence-electron chi connectivity index (χ2n) is 8.42. The normalized spacial score (nSPS) is 21.0. The van der Waals surface area contributed by atoms with Gasteiger partial charge in [-0.1, -0.05) is 50.3 Å². The molecule has 1 atom stereocenters. The van der Waals surface area contributed by atoms with Crippen LogP contribution < -0.4 is 0 Å². The molecule has 0 radical (unpaired) electrons. The molecule has 6 heteroatoms. The van der Waals surface area contributed by atoms with Gasteiger partial charge in [-0.2, -0.15) is 5.26 Å². The summed E-state index contributed by atoms with van der Waals surface area (Å²) in [5.41, 5.74) is -1.54. The second kappa shape index (κ2) is 8.52. The number of ether oxygens (including phenoxy) is 1. The summed E-state index contributed by atoms with van der Waals surface area (Å²) in [5, 5.41) is 9.72. The van der Waals surface area contributed by atoms with Crippen LogP contribution in [-0.2, 0) is 19.7 Å². The van der Waals surface area contributed by atoms with Gasteiger partial charge in [0.2, 0.25) is 0 Å². The molecule has 1 aromatic carbocycles. The Kier molecular flexibility index (Phi) is 6.26. The maximum absolute atomic E-state index is 14.5. The van der Waals surface area contributed by atoms with Crippen LogP contribution in [0.25, 0.3) is 0 Å². The number of rotatable bonds is 5. The van der Waals surface area contributed by atoms with Gasteiger partial charge in [0.25, 0.3) is 5.91 Å². The van der Waals surface area contributed by atoms with E-state index >= 15 is 0 Å². The van der Waals surface area contributed by atoms with E-state index < -0.39 is 28.8 Å². The average Bonchev–Trinajstić information content (AvgIpc) is 3.24. The van der Waals surface area contributed by atoms with E-state index in [0.29, 0.717) is 31.2 Å². The maximum Gasteiger partial charge on any atom is 0.317 e. The summed E-state index contributed by atoms with van der Waals surface area (Å²) in [6, 6.07) is 8.61. The molecular weight excluding hydrogens is 371 g/mol. The molecule has 2 fully saturated rings. The van der Waals surface area contributed by atoms with Crippen molar-refractivity contribution in [2.24, 2.45) is 0 Å². The summed E-state index contributed by atoms with van der Waals surface area (Å²) in [4.78, 5) is 27.6. The van der Waals surface area contributed by atoms with Crippen LogP contribution in [0.5, 0.6) is 0 Å². The number of likely N-dealkylation sites (N-methyl/N-ethyl adjacent to an activating group) is 1. The summed E-state index contributed by atoms with van der Waals surface area (Å²) >= 11 is 0. The van der Waals surface area contributed by atoms with Crippen molar-refractivity contribution in [1.29, 1.82) is 5.26 Å². The van der Waals surface area contributed by atoms with Crippen molar-refractivity contribution in [2.45, 2.75) is 81.8 Å². The Balaban J connectivity index is 1.77. The average molecular weight is 400 g/mol.